The number of aromatic nitrogens is 4. The smallest absolute Gasteiger partial charge is 0.231 e. The maximum atomic E-state index is 12.3. The highest BCUT2D eigenvalue weighted by molar-refractivity contribution is 7.98. The van der Waals surface area contributed by atoms with Gasteiger partial charge in [0.1, 0.15) is 5.01 Å². The van der Waals surface area contributed by atoms with Gasteiger partial charge in [-0.1, -0.05) is 41.1 Å². The zero-order valence-corrected chi connectivity index (χ0v) is 20.1. The molecule has 1 amide bonds. The molecule has 6 nitrogen and oxygen atoms in total. The Morgan fingerprint density at radius 2 is 1.88 bits per heavy atom. The number of amides is 1. The van der Waals surface area contributed by atoms with Crippen LogP contribution < -0.4 is 5.32 Å². The van der Waals surface area contributed by atoms with Crippen LogP contribution in [0.4, 0.5) is 5.69 Å². The average molecular weight is 484 g/mol. The molecule has 0 aliphatic carbocycles. The zero-order chi connectivity index (χ0) is 22.5. The number of hydrogen-bond acceptors (Lipinski definition) is 6. The van der Waals surface area contributed by atoms with Crippen molar-refractivity contribution < 1.29 is 4.79 Å². The third-order valence-corrected chi connectivity index (χ3v) is 6.88. The Morgan fingerprint density at radius 3 is 2.59 bits per heavy atom. The van der Waals surface area contributed by atoms with Crippen molar-refractivity contribution in [1.82, 2.24) is 19.7 Å². The predicted molar refractivity (Wildman–Crippen MR) is 131 cm³/mol. The second-order valence-electron chi connectivity index (χ2n) is 7.17. The molecule has 0 saturated heterocycles. The topological polar surface area (TPSA) is 72.7 Å². The first-order chi connectivity index (χ1) is 15.5. The quantitative estimate of drug-likeness (QED) is 0.318. The van der Waals surface area contributed by atoms with Crippen LogP contribution in [-0.4, -0.2) is 25.7 Å². The summed E-state index contributed by atoms with van der Waals surface area (Å²) in [7, 11) is 0. The van der Waals surface area contributed by atoms with Crippen LogP contribution >= 0.6 is 34.7 Å². The molecule has 0 atom stereocenters. The SMILES string of the molecule is CCn1c(SCc2csc(CC(=O)Nc3ccc(C)cc3)n2)nnc1-c1ccc(Cl)cc1. The molecule has 4 aromatic rings. The molecule has 0 radical (unpaired) electrons. The van der Waals surface area contributed by atoms with Gasteiger partial charge in [0.25, 0.3) is 0 Å². The number of nitrogens with one attached hydrogen (secondary N) is 1. The van der Waals surface area contributed by atoms with Crippen molar-refractivity contribution in [1.29, 1.82) is 0 Å². The predicted octanol–water partition coefficient (Wildman–Crippen LogP) is 5.86. The van der Waals surface area contributed by atoms with Crippen LogP contribution in [0.5, 0.6) is 0 Å². The lowest BCUT2D eigenvalue weighted by Crippen LogP contribution is -2.14. The monoisotopic (exact) mass is 483 g/mol. The molecule has 0 aliphatic rings. The van der Waals surface area contributed by atoms with Crippen molar-refractivity contribution in [3.05, 3.63) is 75.2 Å². The van der Waals surface area contributed by atoms with Crippen LogP contribution in [0.15, 0.2) is 59.1 Å². The molecule has 0 bridgehead atoms. The van der Waals surface area contributed by atoms with E-state index in [2.05, 4.69) is 32.0 Å². The lowest BCUT2D eigenvalue weighted by Gasteiger charge is -2.07. The van der Waals surface area contributed by atoms with Gasteiger partial charge in [-0.2, -0.15) is 0 Å². The van der Waals surface area contributed by atoms with Crippen molar-refractivity contribution in [2.24, 2.45) is 0 Å². The first-order valence-corrected chi connectivity index (χ1v) is 12.4. The number of benzene rings is 2. The molecular formula is C23H22ClN5OS2. The molecule has 0 saturated carbocycles. The molecule has 0 aliphatic heterocycles. The maximum absolute atomic E-state index is 12.3. The Balaban J connectivity index is 1.36. The van der Waals surface area contributed by atoms with Gasteiger partial charge in [0.15, 0.2) is 11.0 Å². The molecule has 1 N–H and O–H groups in total. The van der Waals surface area contributed by atoms with Gasteiger partial charge in [-0.3, -0.25) is 4.79 Å². The molecule has 4 rings (SSSR count). The van der Waals surface area contributed by atoms with E-state index in [1.54, 1.807) is 11.8 Å². The summed E-state index contributed by atoms with van der Waals surface area (Å²) in [5.74, 6) is 1.41. The number of carbonyl (C=O) groups excluding carboxylic acids is 1. The second kappa shape index (κ2) is 10.3. The summed E-state index contributed by atoms with van der Waals surface area (Å²) in [6.07, 6.45) is 0.259. The third-order valence-electron chi connectivity index (χ3n) is 4.73. The fraction of sp³-hybridized carbons (Fsp3) is 0.217. The van der Waals surface area contributed by atoms with Crippen molar-refractivity contribution in [2.75, 3.05) is 5.32 Å². The number of rotatable bonds is 8. The highest BCUT2D eigenvalue weighted by atomic mass is 35.5. The van der Waals surface area contributed by atoms with E-state index in [1.165, 1.54) is 11.3 Å². The molecule has 164 valence electrons. The molecule has 9 heteroatoms. The maximum Gasteiger partial charge on any atom is 0.231 e. The lowest BCUT2D eigenvalue weighted by atomic mass is 10.2. The summed E-state index contributed by atoms with van der Waals surface area (Å²) < 4.78 is 2.08. The number of thioether (sulfide) groups is 1. The number of carbonyl (C=O) groups is 1. The van der Waals surface area contributed by atoms with Crippen LogP contribution in [0.2, 0.25) is 5.02 Å². The highest BCUT2D eigenvalue weighted by Crippen LogP contribution is 2.27. The molecule has 0 spiro atoms. The molecule has 2 aromatic heterocycles. The lowest BCUT2D eigenvalue weighted by molar-refractivity contribution is -0.115. The average Bonchev–Trinajstić information content (AvgIpc) is 3.40. The standard InChI is InChI=1S/C23H22ClN5OS2/c1-3-29-22(16-6-8-17(24)9-7-16)27-28-23(29)32-14-19-13-31-21(26-19)12-20(30)25-18-10-4-15(2)5-11-18/h4-11,13H,3,12,14H2,1-2H3,(H,25,30). The van der Waals surface area contributed by atoms with Crippen molar-refractivity contribution in [2.45, 2.75) is 37.7 Å². The fourth-order valence-corrected chi connectivity index (χ4v) is 5.03. The summed E-state index contributed by atoms with van der Waals surface area (Å²) >= 11 is 9.08. The molecule has 0 fully saturated rings. The number of anilines is 1. The minimum atomic E-state index is -0.0688. The second-order valence-corrected chi connectivity index (χ2v) is 9.49. The van der Waals surface area contributed by atoms with Crippen LogP contribution in [-0.2, 0) is 23.5 Å². The largest absolute Gasteiger partial charge is 0.326 e. The first-order valence-electron chi connectivity index (χ1n) is 10.1. The zero-order valence-electron chi connectivity index (χ0n) is 17.7. The van der Waals surface area contributed by atoms with Gasteiger partial charge >= 0.3 is 0 Å². The fourth-order valence-electron chi connectivity index (χ4n) is 3.11. The van der Waals surface area contributed by atoms with Crippen molar-refractivity contribution >= 4 is 46.3 Å². The minimum absolute atomic E-state index is 0.0688. The summed E-state index contributed by atoms with van der Waals surface area (Å²) in [4.78, 5) is 16.9. The van der Waals surface area contributed by atoms with Crippen molar-refractivity contribution in [3.8, 4) is 11.4 Å². The number of nitrogens with zero attached hydrogens (tertiary/aromatic N) is 4. The highest BCUT2D eigenvalue weighted by Gasteiger charge is 2.15. The number of hydrogen-bond donors (Lipinski definition) is 1. The number of thiazole rings is 1. The summed E-state index contributed by atoms with van der Waals surface area (Å²) in [5, 5.41) is 16.0. The molecular weight excluding hydrogens is 462 g/mol. The van der Waals surface area contributed by atoms with Gasteiger partial charge in [0.2, 0.25) is 5.91 Å². The summed E-state index contributed by atoms with van der Waals surface area (Å²) in [6, 6.07) is 15.3. The minimum Gasteiger partial charge on any atom is -0.326 e. The summed E-state index contributed by atoms with van der Waals surface area (Å²) in [5.41, 5.74) is 3.86. The van der Waals surface area contributed by atoms with E-state index in [9.17, 15) is 4.79 Å². The Hall–Kier alpha value is -2.68. The Bertz CT molecular complexity index is 1200. The van der Waals surface area contributed by atoms with E-state index >= 15 is 0 Å². The molecule has 0 unspecified atom stereocenters. The van der Waals surface area contributed by atoms with Gasteiger partial charge < -0.3 is 9.88 Å². The van der Waals surface area contributed by atoms with Crippen molar-refractivity contribution in [3.63, 3.8) is 0 Å². The van der Waals surface area contributed by atoms with E-state index in [4.69, 9.17) is 11.6 Å². The van der Waals surface area contributed by atoms with E-state index < -0.39 is 0 Å². The molecule has 32 heavy (non-hydrogen) atoms. The molecule has 2 aromatic carbocycles. The third kappa shape index (κ3) is 5.56. The van der Waals surface area contributed by atoms with Gasteiger partial charge in [-0.05, 0) is 50.2 Å². The van der Waals surface area contributed by atoms with Crippen LogP contribution in [0.1, 0.15) is 23.2 Å². The van der Waals surface area contributed by atoms with Crippen LogP contribution in [0.3, 0.4) is 0 Å². The molecule has 2 heterocycles. The van der Waals surface area contributed by atoms with Gasteiger partial charge in [0, 0.05) is 34.0 Å². The van der Waals surface area contributed by atoms with Gasteiger partial charge in [-0.25, -0.2) is 4.98 Å². The Morgan fingerprint density at radius 1 is 1.12 bits per heavy atom. The summed E-state index contributed by atoms with van der Waals surface area (Å²) in [6.45, 7) is 4.84. The van der Waals surface area contributed by atoms with Gasteiger partial charge in [-0.15, -0.1) is 21.5 Å². The van der Waals surface area contributed by atoms with E-state index in [0.29, 0.717) is 10.8 Å². The van der Waals surface area contributed by atoms with Crippen LogP contribution in [0, 0.1) is 6.92 Å². The Labute approximate surface area is 200 Å². The first kappa shape index (κ1) is 22.5. The van der Waals surface area contributed by atoms with Crippen LogP contribution in [0.25, 0.3) is 11.4 Å². The van der Waals surface area contributed by atoms with E-state index in [0.717, 1.165) is 45.0 Å². The number of aryl methyl sites for hydroxylation is 1. The van der Waals surface area contributed by atoms with E-state index in [1.807, 2.05) is 60.8 Å². The van der Waals surface area contributed by atoms with E-state index in [-0.39, 0.29) is 12.3 Å². The number of halogens is 1. The van der Waals surface area contributed by atoms with Gasteiger partial charge in [0.05, 0.1) is 12.1 Å². The normalized spacial score (nSPS) is 11.0. The Kier molecular flexibility index (Phi) is 7.24.